The van der Waals surface area contributed by atoms with Crippen molar-refractivity contribution in [3.8, 4) is 0 Å². The molecule has 3 heterocycles. The van der Waals surface area contributed by atoms with Crippen LogP contribution in [0.25, 0.3) is 21.8 Å². The minimum Gasteiger partial charge on any atom is -0.384 e. The summed E-state index contributed by atoms with van der Waals surface area (Å²) in [5.74, 6) is -0.325. The molecule has 2 aromatic heterocycles. The van der Waals surface area contributed by atoms with Crippen molar-refractivity contribution in [3.05, 3.63) is 81.2 Å². The van der Waals surface area contributed by atoms with Crippen LogP contribution in [0.5, 0.6) is 0 Å². The summed E-state index contributed by atoms with van der Waals surface area (Å²) in [5, 5.41) is 8.55. The van der Waals surface area contributed by atoms with Gasteiger partial charge in [-0.3, -0.25) is 14.6 Å². The molecule has 0 aliphatic carbocycles. The summed E-state index contributed by atoms with van der Waals surface area (Å²) >= 11 is 6.05. The van der Waals surface area contributed by atoms with Gasteiger partial charge in [-0.2, -0.15) is 0 Å². The summed E-state index contributed by atoms with van der Waals surface area (Å²) in [6.45, 7) is 3.24. The van der Waals surface area contributed by atoms with E-state index in [1.165, 1.54) is 0 Å². The molecule has 1 aliphatic heterocycles. The lowest BCUT2D eigenvalue weighted by Crippen LogP contribution is -2.31. The number of anilines is 1. The van der Waals surface area contributed by atoms with Crippen molar-refractivity contribution in [2.75, 3.05) is 18.4 Å². The summed E-state index contributed by atoms with van der Waals surface area (Å²) in [4.78, 5) is 30.0. The lowest BCUT2D eigenvalue weighted by atomic mass is 10.1. The molecule has 0 radical (unpaired) electrons. The summed E-state index contributed by atoms with van der Waals surface area (Å²) < 4.78 is 2.06. The highest BCUT2D eigenvalue weighted by Gasteiger charge is 2.24. The third kappa shape index (κ3) is 3.60. The zero-order valence-electron chi connectivity index (χ0n) is 17.7. The van der Waals surface area contributed by atoms with Gasteiger partial charge in [0.15, 0.2) is 0 Å². The standard InChI is InChI=1S/C25H23ClN4O2/c1-15-12-16-4-2-5-19-23(16)30(15)14-20(24(19)31)25(32)29-10-3-9-27-21-8-11-28-22-13-17(26)6-7-18(21)22/h2,4-8,11,13-15H,3,9-10,12H2,1H3,(H,27,28)(H,29,32). The van der Waals surface area contributed by atoms with Crippen LogP contribution < -0.4 is 16.1 Å². The Morgan fingerprint density at radius 3 is 2.94 bits per heavy atom. The van der Waals surface area contributed by atoms with Gasteiger partial charge in [-0.05, 0) is 55.7 Å². The average Bonchev–Trinajstić information content (AvgIpc) is 3.11. The largest absolute Gasteiger partial charge is 0.384 e. The molecular weight excluding hydrogens is 424 g/mol. The molecular formula is C25H23ClN4O2. The van der Waals surface area contributed by atoms with Gasteiger partial charge in [-0.15, -0.1) is 0 Å². The Balaban J connectivity index is 1.24. The van der Waals surface area contributed by atoms with E-state index < -0.39 is 0 Å². The third-order valence-electron chi connectivity index (χ3n) is 6.03. The quantitative estimate of drug-likeness (QED) is 0.426. The van der Waals surface area contributed by atoms with Gasteiger partial charge in [0.2, 0.25) is 5.43 Å². The van der Waals surface area contributed by atoms with Crippen molar-refractivity contribution < 1.29 is 4.79 Å². The maximum atomic E-state index is 12.9. The molecule has 1 amide bonds. The van der Waals surface area contributed by atoms with Crippen molar-refractivity contribution in [2.45, 2.75) is 25.8 Å². The minimum absolute atomic E-state index is 0.202. The molecule has 4 aromatic rings. The lowest BCUT2D eigenvalue weighted by molar-refractivity contribution is 0.0952. The Kier molecular flexibility index (Phi) is 5.31. The number of aromatic nitrogens is 2. The number of carbonyl (C=O) groups is 1. The number of carbonyl (C=O) groups excluding carboxylic acids is 1. The van der Waals surface area contributed by atoms with Crippen molar-refractivity contribution >= 4 is 45.0 Å². The number of amides is 1. The van der Waals surface area contributed by atoms with Gasteiger partial charge in [-0.1, -0.05) is 23.7 Å². The number of pyridine rings is 2. The number of hydrogen-bond acceptors (Lipinski definition) is 4. The zero-order chi connectivity index (χ0) is 22.2. The molecule has 32 heavy (non-hydrogen) atoms. The number of benzene rings is 2. The van der Waals surface area contributed by atoms with Crippen LogP contribution in [0.1, 0.15) is 35.3 Å². The molecule has 1 atom stereocenters. The molecule has 2 aromatic carbocycles. The van der Waals surface area contributed by atoms with Gasteiger partial charge in [0.1, 0.15) is 5.56 Å². The number of fused-ring (bicyclic) bond motifs is 1. The van der Waals surface area contributed by atoms with Crippen LogP contribution in [0.15, 0.2) is 59.7 Å². The topological polar surface area (TPSA) is 76.0 Å². The Morgan fingerprint density at radius 1 is 1.19 bits per heavy atom. The van der Waals surface area contributed by atoms with Gasteiger partial charge >= 0.3 is 0 Å². The molecule has 1 unspecified atom stereocenters. The van der Waals surface area contributed by atoms with Gasteiger partial charge in [-0.25, -0.2) is 0 Å². The number of rotatable bonds is 6. The van der Waals surface area contributed by atoms with Crippen molar-refractivity contribution in [3.63, 3.8) is 0 Å². The number of halogens is 1. The van der Waals surface area contributed by atoms with E-state index in [4.69, 9.17) is 11.6 Å². The average molecular weight is 447 g/mol. The van der Waals surface area contributed by atoms with E-state index in [-0.39, 0.29) is 22.9 Å². The molecule has 6 nitrogen and oxygen atoms in total. The SMILES string of the molecule is CC1Cc2cccc3c(=O)c(C(=O)NCCCNc4ccnc5cc(Cl)ccc45)cn1c23. The Morgan fingerprint density at radius 2 is 2.06 bits per heavy atom. The van der Waals surface area contributed by atoms with Gasteiger partial charge < -0.3 is 15.2 Å². The smallest absolute Gasteiger partial charge is 0.256 e. The van der Waals surface area contributed by atoms with Crippen LogP contribution in [0, 0.1) is 0 Å². The van der Waals surface area contributed by atoms with Crippen LogP contribution in [0.2, 0.25) is 5.02 Å². The molecule has 0 saturated heterocycles. The number of hydrogen-bond donors (Lipinski definition) is 2. The van der Waals surface area contributed by atoms with E-state index in [0.717, 1.165) is 34.1 Å². The van der Waals surface area contributed by atoms with E-state index >= 15 is 0 Å². The zero-order valence-corrected chi connectivity index (χ0v) is 18.4. The second-order valence-corrected chi connectivity index (χ2v) is 8.64. The van der Waals surface area contributed by atoms with E-state index in [1.807, 2.05) is 36.4 Å². The minimum atomic E-state index is -0.325. The van der Waals surface area contributed by atoms with E-state index in [1.54, 1.807) is 12.4 Å². The monoisotopic (exact) mass is 446 g/mol. The van der Waals surface area contributed by atoms with Crippen molar-refractivity contribution in [1.82, 2.24) is 14.9 Å². The fraction of sp³-hybridized carbons (Fsp3) is 0.240. The Hall–Kier alpha value is -3.38. The maximum absolute atomic E-state index is 12.9. The lowest BCUT2D eigenvalue weighted by Gasteiger charge is -2.13. The number of nitrogens with zero attached hydrogens (tertiary/aromatic N) is 2. The van der Waals surface area contributed by atoms with Gasteiger partial charge in [0.25, 0.3) is 5.91 Å². The van der Waals surface area contributed by atoms with Gasteiger partial charge in [0.05, 0.1) is 11.0 Å². The van der Waals surface area contributed by atoms with Crippen LogP contribution in [0.4, 0.5) is 5.69 Å². The van der Waals surface area contributed by atoms with E-state index in [9.17, 15) is 9.59 Å². The molecule has 162 valence electrons. The fourth-order valence-corrected chi connectivity index (χ4v) is 4.63. The summed E-state index contributed by atoms with van der Waals surface area (Å²) in [6.07, 6.45) is 5.05. The molecule has 2 N–H and O–H groups in total. The third-order valence-corrected chi connectivity index (χ3v) is 6.26. The summed E-state index contributed by atoms with van der Waals surface area (Å²) in [5.41, 5.74) is 3.92. The highest BCUT2D eigenvalue weighted by molar-refractivity contribution is 6.31. The first kappa shape index (κ1) is 20.5. The summed E-state index contributed by atoms with van der Waals surface area (Å²) in [6, 6.07) is 13.5. The number of nitrogens with one attached hydrogen (secondary N) is 2. The molecule has 0 bridgehead atoms. The number of para-hydroxylation sites is 1. The highest BCUT2D eigenvalue weighted by atomic mass is 35.5. The first-order valence-electron chi connectivity index (χ1n) is 10.8. The van der Waals surface area contributed by atoms with E-state index in [2.05, 4.69) is 33.2 Å². The maximum Gasteiger partial charge on any atom is 0.256 e. The van der Waals surface area contributed by atoms with Crippen LogP contribution in [0.3, 0.4) is 0 Å². The second kappa shape index (κ2) is 8.28. The Bertz CT molecular complexity index is 1410. The molecule has 0 saturated carbocycles. The van der Waals surface area contributed by atoms with Crippen LogP contribution in [-0.2, 0) is 6.42 Å². The van der Waals surface area contributed by atoms with Gasteiger partial charge in [0, 0.05) is 53.0 Å². The Labute approximate surface area is 190 Å². The van der Waals surface area contributed by atoms with Crippen LogP contribution in [-0.4, -0.2) is 28.5 Å². The summed E-state index contributed by atoms with van der Waals surface area (Å²) in [7, 11) is 0. The van der Waals surface area contributed by atoms with Crippen molar-refractivity contribution in [2.24, 2.45) is 0 Å². The molecule has 1 aliphatic rings. The first-order valence-corrected chi connectivity index (χ1v) is 11.1. The predicted molar refractivity (Wildman–Crippen MR) is 129 cm³/mol. The molecule has 0 spiro atoms. The molecule has 5 rings (SSSR count). The predicted octanol–water partition coefficient (Wildman–Crippen LogP) is 4.55. The second-order valence-electron chi connectivity index (χ2n) is 8.20. The van der Waals surface area contributed by atoms with Crippen molar-refractivity contribution in [1.29, 1.82) is 0 Å². The normalized spacial score (nSPS) is 14.8. The highest BCUT2D eigenvalue weighted by Crippen LogP contribution is 2.30. The first-order chi connectivity index (χ1) is 15.5. The van der Waals surface area contributed by atoms with Crippen LogP contribution >= 0.6 is 11.6 Å². The molecule has 7 heteroatoms. The van der Waals surface area contributed by atoms with E-state index in [0.29, 0.717) is 29.9 Å². The fourth-order valence-electron chi connectivity index (χ4n) is 4.46. The molecule has 0 fully saturated rings.